The minimum atomic E-state index is -0.0145. The Morgan fingerprint density at radius 1 is 1.05 bits per heavy atom. The molecule has 0 aliphatic heterocycles. The molecule has 0 bridgehead atoms. The summed E-state index contributed by atoms with van der Waals surface area (Å²) in [7, 11) is 3.45. The molecule has 1 aromatic carbocycles. The van der Waals surface area contributed by atoms with Gasteiger partial charge in [0.25, 0.3) is 5.91 Å². The first-order valence-electron chi connectivity index (χ1n) is 16.6. The molecule has 240 valence electrons. The summed E-state index contributed by atoms with van der Waals surface area (Å²) in [5.74, 6) is 1.95. The number of rotatable bonds is 21. The number of hydrogen-bond acceptors (Lipinski definition) is 5. The summed E-state index contributed by atoms with van der Waals surface area (Å²) in [5.41, 5.74) is 4.78. The molecule has 1 aliphatic carbocycles. The van der Waals surface area contributed by atoms with Crippen molar-refractivity contribution in [3.05, 3.63) is 76.8 Å². The van der Waals surface area contributed by atoms with Crippen LogP contribution in [-0.4, -0.2) is 57.2 Å². The van der Waals surface area contributed by atoms with Gasteiger partial charge >= 0.3 is 0 Å². The molecule has 6 nitrogen and oxygen atoms in total. The average molecular weight is 594 g/mol. The highest BCUT2D eigenvalue weighted by molar-refractivity contribution is 5.95. The topological polar surface area (TPSA) is 62.8 Å². The van der Waals surface area contributed by atoms with Gasteiger partial charge in [0.1, 0.15) is 11.5 Å². The lowest BCUT2D eigenvalue weighted by atomic mass is 10.0. The Bertz CT molecular complexity index is 1090. The monoisotopic (exact) mass is 593 g/mol. The van der Waals surface area contributed by atoms with Gasteiger partial charge in [0.2, 0.25) is 0 Å². The summed E-state index contributed by atoms with van der Waals surface area (Å²) in [6, 6.07) is 8.28. The Morgan fingerprint density at radius 3 is 2.53 bits per heavy atom. The van der Waals surface area contributed by atoms with E-state index in [1.807, 2.05) is 30.3 Å². The van der Waals surface area contributed by atoms with Crippen molar-refractivity contribution < 1.29 is 14.3 Å². The normalized spacial score (nSPS) is 16.7. The van der Waals surface area contributed by atoms with E-state index >= 15 is 0 Å². The van der Waals surface area contributed by atoms with E-state index in [-0.39, 0.29) is 11.8 Å². The van der Waals surface area contributed by atoms with Crippen molar-refractivity contribution in [3.8, 4) is 0 Å². The molecule has 0 saturated carbocycles. The fourth-order valence-electron chi connectivity index (χ4n) is 5.74. The van der Waals surface area contributed by atoms with Crippen LogP contribution in [0.4, 0.5) is 5.69 Å². The second-order valence-corrected chi connectivity index (χ2v) is 11.5. The van der Waals surface area contributed by atoms with Crippen LogP contribution < -0.4 is 10.6 Å². The van der Waals surface area contributed by atoms with Gasteiger partial charge < -0.3 is 20.1 Å². The Morgan fingerprint density at radius 2 is 1.86 bits per heavy atom. The van der Waals surface area contributed by atoms with Crippen molar-refractivity contribution in [3.63, 3.8) is 0 Å². The molecule has 0 radical (unpaired) electrons. The predicted molar refractivity (Wildman–Crippen MR) is 182 cm³/mol. The zero-order chi connectivity index (χ0) is 31.5. The highest BCUT2D eigenvalue weighted by atomic mass is 16.5. The van der Waals surface area contributed by atoms with Crippen LogP contribution in [0, 0.1) is 5.92 Å². The van der Waals surface area contributed by atoms with Crippen molar-refractivity contribution in [2.24, 2.45) is 5.92 Å². The Hall–Kier alpha value is -2.99. The number of amides is 1. The smallest absolute Gasteiger partial charge is 0.251 e. The second-order valence-electron chi connectivity index (χ2n) is 11.5. The van der Waals surface area contributed by atoms with Crippen LogP contribution in [0.3, 0.4) is 0 Å². The fourth-order valence-corrected chi connectivity index (χ4v) is 5.74. The summed E-state index contributed by atoms with van der Waals surface area (Å²) < 4.78 is 11.4. The highest BCUT2D eigenvalue weighted by Crippen LogP contribution is 2.34. The number of methoxy groups -OCH3 is 2. The standard InChI is InChI=1S/C37H59N3O3/c1-8-12-14-21-38-33-20-15-19-32(24-33)37(41)39-22-16-23-40(34-25-30(11-4)31(26-34)18-13-9-2)28-29(5)36(43-7)27-35(42-6)17-10-3/h13,15,17-20,24,27,29,34,38H,8-12,14,16,21-23,25-26,28H2,1-7H3,(H,39,41)/b18-13-,35-17+,36-27+. The second kappa shape index (κ2) is 20.8. The molecule has 2 unspecified atom stereocenters. The zero-order valence-electron chi connectivity index (χ0n) is 28.1. The van der Waals surface area contributed by atoms with Crippen molar-refractivity contribution in [1.82, 2.24) is 10.2 Å². The predicted octanol–water partition coefficient (Wildman–Crippen LogP) is 8.65. The first kappa shape index (κ1) is 36.2. The lowest BCUT2D eigenvalue weighted by Crippen LogP contribution is -2.40. The minimum Gasteiger partial charge on any atom is -0.501 e. The van der Waals surface area contributed by atoms with Gasteiger partial charge in [0.05, 0.1) is 14.2 Å². The van der Waals surface area contributed by atoms with Crippen LogP contribution in [0.1, 0.15) is 103 Å². The third-order valence-electron chi connectivity index (χ3n) is 8.19. The molecule has 1 aliphatic rings. The van der Waals surface area contributed by atoms with Crippen molar-refractivity contribution in [2.45, 2.75) is 98.4 Å². The van der Waals surface area contributed by atoms with Crippen LogP contribution in [-0.2, 0) is 9.47 Å². The van der Waals surface area contributed by atoms with Crippen molar-refractivity contribution >= 4 is 11.6 Å². The Labute approximate surface area is 262 Å². The molecule has 43 heavy (non-hydrogen) atoms. The minimum absolute atomic E-state index is 0.0145. The van der Waals surface area contributed by atoms with Gasteiger partial charge in [-0.3, -0.25) is 9.69 Å². The van der Waals surface area contributed by atoms with E-state index in [2.05, 4.69) is 68.4 Å². The summed E-state index contributed by atoms with van der Waals surface area (Å²) in [5, 5.41) is 6.61. The number of benzene rings is 1. The van der Waals surface area contributed by atoms with Gasteiger partial charge in [-0.05, 0) is 74.8 Å². The molecule has 0 heterocycles. The number of allylic oxidation sites excluding steroid dienone is 4. The number of carbonyl (C=O) groups excluding carboxylic acids is 1. The van der Waals surface area contributed by atoms with Gasteiger partial charge in [-0.1, -0.05) is 71.3 Å². The maximum atomic E-state index is 13.0. The summed E-state index contributed by atoms with van der Waals surface area (Å²) in [4.78, 5) is 15.6. The van der Waals surface area contributed by atoms with E-state index in [4.69, 9.17) is 9.47 Å². The molecule has 2 N–H and O–H groups in total. The molecule has 1 amide bonds. The zero-order valence-corrected chi connectivity index (χ0v) is 28.1. The maximum Gasteiger partial charge on any atom is 0.251 e. The first-order chi connectivity index (χ1) is 20.9. The van der Waals surface area contributed by atoms with E-state index < -0.39 is 0 Å². The van der Waals surface area contributed by atoms with Gasteiger partial charge in [0.15, 0.2) is 0 Å². The lowest BCUT2D eigenvalue weighted by molar-refractivity contribution is 0.0949. The largest absolute Gasteiger partial charge is 0.501 e. The molecule has 0 spiro atoms. The summed E-state index contributed by atoms with van der Waals surface area (Å²) in [6.45, 7) is 14.4. The number of anilines is 1. The van der Waals surface area contributed by atoms with Gasteiger partial charge in [-0.25, -0.2) is 0 Å². The fraction of sp³-hybridized carbons (Fsp3) is 0.595. The van der Waals surface area contributed by atoms with Crippen LogP contribution >= 0.6 is 0 Å². The molecular weight excluding hydrogens is 534 g/mol. The van der Waals surface area contributed by atoms with E-state index in [0.717, 1.165) is 81.8 Å². The molecule has 1 aromatic rings. The number of unbranched alkanes of at least 4 members (excludes halogenated alkanes) is 2. The van der Waals surface area contributed by atoms with Gasteiger partial charge in [-0.15, -0.1) is 0 Å². The summed E-state index contributed by atoms with van der Waals surface area (Å²) in [6.07, 6.45) is 18.4. The van der Waals surface area contributed by atoms with Crippen LogP contribution in [0.2, 0.25) is 0 Å². The lowest BCUT2D eigenvalue weighted by Gasteiger charge is -2.32. The van der Waals surface area contributed by atoms with Gasteiger partial charge in [0, 0.05) is 55.5 Å². The maximum absolute atomic E-state index is 13.0. The number of hydrogen-bond donors (Lipinski definition) is 2. The number of nitrogens with one attached hydrogen (secondary N) is 2. The van der Waals surface area contributed by atoms with Crippen molar-refractivity contribution in [1.29, 1.82) is 0 Å². The third-order valence-corrected chi connectivity index (χ3v) is 8.19. The van der Waals surface area contributed by atoms with Crippen molar-refractivity contribution in [2.75, 3.05) is 45.7 Å². The van der Waals surface area contributed by atoms with Crippen LogP contribution in [0.5, 0.6) is 0 Å². The molecule has 2 rings (SSSR count). The molecule has 2 atom stereocenters. The summed E-state index contributed by atoms with van der Waals surface area (Å²) >= 11 is 0. The molecule has 0 fully saturated rings. The average Bonchev–Trinajstić information content (AvgIpc) is 3.44. The molecule has 0 aromatic heterocycles. The number of carbonyl (C=O) groups is 1. The molecular formula is C37H59N3O3. The molecule has 6 heteroatoms. The Kier molecular flexibility index (Phi) is 17.5. The van der Waals surface area contributed by atoms with Crippen LogP contribution in [0.15, 0.2) is 71.2 Å². The number of ether oxygens (including phenoxy) is 2. The van der Waals surface area contributed by atoms with E-state index in [1.165, 1.54) is 18.4 Å². The molecule has 0 saturated heterocycles. The van der Waals surface area contributed by atoms with E-state index in [1.54, 1.807) is 19.8 Å². The first-order valence-corrected chi connectivity index (χ1v) is 16.6. The Balaban J connectivity index is 2.07. The van der Waals surface area contributed by atoms with E-state index in [9.17, 15) is 4.79 Å². The SMILES string of the molecule is CC/C=C\C1=C(CC)CC(N(CCCNC(=O)c2cccc(NCCCCC)c2)CC(C)/C(=C\C(=C/CC)OC)OC)C1. The quantitative estimate of drug-likeness (QED) is 0.0848. The highest BCUT2D eigenvalue weighted by Gasteiger charge is 2.29. The third kappa shape index (κ3) is 12.6. The van der Waals surface area contributed by atoms with Gasteiger partial charge in [-0.2, -0.15) is 0 Å². The van der Waals surface area contributed by atoms with Crippen LogP contribution in [0.25, 0.3) is 0 Å². The van der Waals surface area contributed by atoms with E-state index in [0.29, 0.717) is 18.2 Å². The number of nitrogens with zero attached hydrogens (tertiary/aromatic N) is 1.